The predicted octanol–water partition coefficient (Wildman–Crippen LogP) is 4.26. The Bertz CT molecular complexity index is 1110. The number of likely N-dealkylation sites (tertiary alicyclic amines) is 1. The number of hydrogen-bond donors (Lipinski definition) is 0. The van der Waals surface area contributed by atoms with Crippen molar-refractivity contribution in [3.05, 3.63) is 56.8 Å². The molecule has 7 heteroatoms. The van der Waals surface area contributed by atoms with E-state index in [1.54, 1.807) is 6.20 Å². The van der Waals surface area contributed by atoms with Gasteiger partial charge in [-0.3, -0.25) is 9.59 Å². The van der Waals surface area contributed by atoms with Gasteiger partial charge in [-0.2, -0.15) is 0 Å². The minimum Gasteiger partial charge on any atom is -0.335 e. The van der Waals surface area contributed by atoms with Crippen molar-refractivity contribution in [2.45, 2.75) is 26.1 Å². The first kappa shape index (κ1) is 18.2. The van der Waals surface area contributed by atoms with Crippen LogP contribution in [0.4, 0.5) is 4.39 Å². The molecule has 2 aromatic heterocycles. The summed E-state index contributed by atoms with van der Waals surface area (Å²) >= 11 is 7.60. The van der Waals surface area contributed by atoms with Crippen molar-refractivity contribution in [1.82, 2.24) is 9.47 Å². The van der Waals surface area contributed by atoms with Crippen molar-refractivity contribution >= 4 is 38.9 Å². The second-order valence-corrected chi connectivity index (χ2v) is 8.58. The summed E-state index contributed by atoms with van der Waals surface area (Å²) in [7, 11) is 0. The number of amides is 1. The minimum atomic E-state index is -1.32. The van der Waals surface area contributed by atoms with E-state index < -0.39 is 5.67 Å². The lowest BCUT2D eigenvalue weighted by Gasteiger charge is -2.42. The molecule has 1 fully saturated rings. The quantitative estimate of drug-likeness (QED) is 0.654. The first-order chi connectivity index (χ1) is 12.7. The van der Waals surface area contributed by atoms with Gasteiger partial charge in [-0.05, 0) is 43.2 Å². The summed E-state index contributed by atoms with van der Waals surface area (Å²) in [6.07, 6.45) is 1.63. The third-order valence-electron chi connectivity index (χ3n) is 4.87. The molecule has 0 unspecified atom stereocenters. The molecular weight excluding hydrogens is 387 g/mol. The van der Waals surface area contributed by atoms with Gasteiger partial charge >= 0.3 is 0 Å². The first-order valence-corrected chi connectivity index (χ1v) is 9.85. The normalized spacial score (nSPS) is 15.8. The standard InChI is InChI=1S/C20H18ClFN2O2S/c1-12-7-13(3-4-15(12)21)14-9-27-16-5-6-23(19(26)18(14)16)8-17(25)24-10-20(2,22)11-24/h3-7,9H,8,10-11H2,1-2H3. The van der Waals surface area contributed by atoms with Crippen LogP contribution in [-0.4, -0.2) is 34.1 Å². The predicted molar refractivity (Wildman–Crippen MR) is 107 cm³/mol. The molecule has 1 aromatic carbocycles. The Morgan fingerprint density at radius 2 is 2.07 bits per heavy atom. The molecule has 0 spiro atoms. The van der Waals surface area contributed by atoms with Crippen LogP contribution in [0.1, 0.15) is 12.5 Å². The van der Waals surface area contributed by atoms with E-state index in [9.17, 15) is 14.0 Å². The zero-order chi connectivity index (χ0) is 19.3. The van der Waals surface area contributed by atoms with E-state index in [1.165, 1.54) is 27.7 Å². The third-order valence-corrected chi connectivity index (χ3v) is 6.24. The summed E-state index contributed by atoms with van der Waals surface area (Å²) in [4.78, 5) is 26.8. The van der Waals surface area contributed by atoms with E-state index in [0.29, 0.717) is 10.4 Å². The van der Waals surface area contributed by atoms with Gasteiger partial charge in [0, 0.05) is 26.9 Å². The molecule has 4 nitrogen and oxygen atoms in total. The molecule has 0 bridgehead atoms. The SMILES string of the molecule is Cc1cc(-c2csc3ccn(CC(=O)N4CC(C)(F)C4)c(=O)c23)ccc1Cl. The molecule has 27 heavy (non-hydrogen) atoms. The van der Waals surface area contributed by atoms with Crippen molar-refractivity contribution in [3.63, 3.8) is 0 Å². The van der Waals surface area contributed by atoms with Crippen LogP contribution in [0.25, 0.3) is 21.2 Å². The molecule has 140 valence electrons. The summed E-state index contributed by atoms with van der Waals surface area (Å²) in [5.74, 6) is -0.245. The molecule has 1 aliphatic heterocycles. The number of thiophene rings is 1. The summed E-state index contributed by atoms with van der Waals surface area (Å²) in [5.41, 5.74) is 1.15. The van der Waals surface area contributed by atoms with Crippen LogP contribution < -0.4 is 5.56 Å². The van der Waals surface area contributed by atoms with Crippen LogP contribution in [0.2, 0.25) is 5.02 Å². The molecule has 4 rings (SSSR count). The smallest absolute Gasteiger partial charge is 0.260 e. The monoisotopic (exact) mass is 404 g/mol. The van der Waals surface area contributed by atoms with Crippen molar-refractivity contribution in [2.24, 2.45) is 0 Å². The number of rotatable bonds is 3. The van der Waals surface area contributed by atoms with Gasteiger partial charge in [0.2, 0.25) is 5.91 Å². The largest absolute Gasteiger partial charge is 0.335 e. The fourth-order valence-electron chi connectivity index (χ4n) is 3.41. The molecule has 3 heterocycles. The van der Waals surface area contributed by atoms with Crippen LogP contribution in [0.3, 0.4) is 0 Å². The Balaban J connectivity index is 1.70. The summed E-state index contributed by atoms with van der Waals surface area (Å²) in [6, 6.07) is 7.50. The number of alkyl halides is 1. The lowest BCUT2D eigenvalue weighted by Crippen LogP contribution is -2.60. The maximum Gasteiger partial charge on any atom is 0.260 e. The van der Waals surface area contributed by atoms with E-state index in [4.69, 9.17) is 11.6 Å². The Morgan fingerprint density at radius 3 is 2.74 bits per heavy atom. The van der Waals surface area contributed by atoms with Crippen LogP contribution in [0.5, 0.6) is 0 Å². The number of pyridine rings is 1. The molecule has 1 aliphatic rings. The number of aryl methyl sites for hydroxylation is 1. The lowest BCUT2D eigenvalue weighted by molar-refractivity contribution is -0.144. The number of carbonyl (C=O) groups excluding carboxylic acids is 1. The van der Waals surface area contributed by atoms with Gasteiger partial charge in [-0.1, -0.05) is 17.7 Å². The molecule has 0 aliphatic carbocycles. The van der Waals surface area contributed by atoms with Crippen molar-refractivity contribution < 1.29 is 9.18 Å². The fraction of sp³-hybridized carbons (Fsp3) is 0.300. The highest BCUT2D eigenvalue weighted by atomic mass is 35.5. The van der Waals surface area contributed by atoms with Crippen molar-refractivity contribution in [2.75, 3.05) is 13.1 Å². The maximum atomic E-state index is 13.6. The number of aromatic nitrogens is 1. The lowest BCUT2D eigenvalue weighted by atomic mass is 9.99. The molecular formula is C20H18ClFN2O2S. The highest BCUT2D eigenvalue weighted by Crippen LogP contribution is 2.33. The average molecular weight is 405 g/mol. The second-order valence-electron chi connectivity index (χ2n) is 7.26. The highest BCUT2D eigenvalue weighted by molar-refractivity contribution is 7.17. The van der Waals surface area contributed by atoms with E-state index in [-0.39, 0.29) is 31.1 Å². The Morgan fingerprint density at radius 1 is 1.33 bits per heavy atom. The van der Waals surface area contributed by atoms with Gasteiger partial charge < -0.3 is 9.47 Å². The number of hydrogen-bond acceptors (Lipinski definition) is 3. The van der Waals surface area contributed by atoms with Crippen molar-refractivity contribution in [1.29, 1.82) is 0 Å². The van der Waals surface area contributed by atoms with E-state index in [2.05, 4.69) is 0 Å². The second kappa shape index (κ2) is 6.46. The van der Waals surface area contributed by atoms with Gasteiger partial charge in [0.15, 0.2) is 0 Å². The summed E-state index contributed by atoms with van der Waals surface area (Å²) < 4.78 is 15.9. The Kier molecular flexibility index (Phi) is 4.35. The van der Waals surface area contributed by atoms with Crippen molar-refractivity contribution in [3.8, 4) is 11.1 Å². The van der Waals surface area contributed by atoms with Gasteiger partial charge in [-0.15, -0.1) is 11.3 Å². The molecule has 0 N–H and O–H groups in total. The number of fused-ring (bicyclic) bond motifs is 1. The van der Waals surface area contributed by atoms with Crippen LogP contribution in [0, 0.1) is 6.92 Å². The third kappa shape index (κ3) is 3.28. The van der Waals surface area contributed by atoms with E-state index >= 15 is 0 Å². The van der Waals surface area contributed by atoms with Gasteiger partial charge in [0.05, 0.1) is 18.5 Å². The average Bonchev–Trinajstić information content (AvgIpc) is 3.02. The molecule has 0 radical (unpaired) electrons. The number of carbonyl (C=O) groups is 1. The maximum absolute atomic E-state index is 13.6. The molecule has 1 amide bonds. The summed E-state index contributed by atoms with van der Waals surface area (Å²) in [6.45, 7) is 3.47. The van der Waals surface area contributed by atoms with E-state index in [0.717, 1.165) is 21.4 Å². The molecule has 1 saturated heterocycles. The van der Waals surface area contributed by atoms with Crippen LogP contribution in [0.15, 0.2) is 40.6 Å². The number of benzene rings is 1. The molecule has 0 saturated carbocycles. The Labute approximate surface area is 164 Å². The van der Waals surface area contributed by atoms with Gasteiger partial charge in [-0.25, -0.2) is 4.39 Å². The zero-order valence-electron chi connectivity index (χ0n) is 15.0. The molecule has 0 atom stereocenters. The molecule has 3 aromatic rings. The van der Waals surface area contributed by atoms with E-state index in [1.807, 2.05) is 36.6 Å². The zero-order valence-corrected chi connectivity index (χ0v) is 16.5. The van der Waals surface area contributed by atoms with Crippen LogP contribution in [-0.2, 0) is 11.3 Å². The minimum absolute atomic E-state index is 0.0799. The first-order valence-electron chi connectivity index (χ1n) is 8.59. The number of halogens is 2. The Hall–Kier alpha value is -2.18. The topological polar surface area (TPSA) is 42.3 Å². The number of nitrogens with zero attached hydrogens (tertiary/aromatic N) is 2. The van der Waals surface area contributed by atoms with Gasteiger partial charge in [0.25, 0.3) is 5.56 Å². The fourth-order valence-corrected chi connectivity index (χ4v) is 4.48. The summed E-state index contributed by atoms with van der Waals surface area (Å²) in [5, 5.41) is 3.22. The highest BCUT2D eigenvalue weighted by Gasteiger charge is 2.41. The van der Waals surface area contributed by atoms with Crippen LogP contribution >= 0.6 is 22.9 Å². The van der Waals surface area contributed by atoms with Gasteiger partial charge in [0.1, 0.15) is 12.2 Å².